The van der Waals surface area contributed by atoms with Gasteiger partial charge in [0.2, 0.25) is 5.91 Å². The average molecular weight is 549 g/mol. The van der Waals surface area contributed by atoms with Gasteiger partial charge in [-0.1, -0.05) is 29.6 Å². The van der Waals surface area contributed by atoms with E-state index in [0.29, 0.717) is 34.3 Å². The van der Waals surface area contributed by atoms with Crippen LogP contribution in [0.1, 0.15) is 22.5 Å². The maximum absolute atomic E-state index is 14.8. The number of rotatable bonds is 8. The first-order valence-corrected chi connectivity index (χ1v) is 13.7. The van der Waals surface area contributed by atoms with Gasteiger partial charge < -0.3 is 10.6 Å². The number of amides is 2. The molecule has 0 saturated heterocycles. The Morgan fingerprint density at radius 2 is 2.03 bits per heavy atom. The maximum Gasteiger partial charge on any atom is 0.261 e. The number of aromatic nitrogens is 1. The van der Waals surface area contributed by atoms with Crippen molar-refractivity contribution in [3.05, 3.63) is 80.1 Å². The molecule has 1 aliphatic rings. The van der Waals surface area contributed by atoms with Gasteiger partial charge in [0.25, 0.3) is 11.5 Å². The fourth-order valence-corrected chi connectivity index (χ4v) is 5.98. The summed E-state index contributed by atoms with van der Waals surface area (Å²) in [6.45, 7) is 0.419. The van der Waals surface area contributed by atoms with Gasteiger partial charge in [0.05, 0.1) is 20.6 Å². The second-order valence-electron chi connectivity index (χ2n) is 8.60. The summed E-state index contributed by atoms with van der Waals surface area (Å²) in [4.78, 5) is 38.1. The van der Waals surface area contributed by atoms with Gasteiger partial charge in [0.1, 0.15) is 5.82 Å². The molecule has 2 amide bonds. The fraction of sp³-hybridized carbons (Fsp3) is 0.320. The molecule has 0 bridgehead atoms. The van der Waals surface area contributed by atoms with E-state index in [9.17, 15) is 18.8 Å². The molecule has 2 N–H and O–H groups in total. The van der Waals surface area contributed by atoms with Crippen LogP contribution < -0.4 is 16.2 Å². The normalized spacial score (nSPS) is 19.4. The van der Waals surface area contributed by atoms with E-state index >= 15 is 0 Å². The van der Waals surface area contributed by atoms with E-state index in [1.165, 1.54) is 34.1 Å². The molecular weight excluding hydrogens is 523 g/mol. The summed E-state index contributed by atoms with van der Waals surface area (Å²) in [5.74, 6) is -1.36. The lowest BCUT2D eigenvalue weighted by molar-refractivity contribution is -0.119. The number of nitrogens with one attached hydrogen (secondary N) is 2. The van der Waals surface area contributed by atoms with E-state index in [-0.39, 0.29) is 40.9 Å². The second-order valence-corrected chi connectivity index (χ2v) is 11.3. The summed E-state index contributed by atoms with van der Waals surface area (Å²) < 4.78 is 18.8. The number of nitrogens with zero attached hydrogens (tertiary/aromatic N) is 2. The SMILES string of the molecule is CSN(C)C1CC(C(=O)Nc2ccc(-n3ccccc3=O)cc2F)CC1CNC(=O)c1ccc(Cl)s1. The third kappa shape index (κ3) is 6.00. The molecule has 4 rings (SSSR count). The number of hydrogen-bond donors (Lipinski definition) is 2. The molecule has 1 aromatic carbocycles. The lowest BCUT2D eigenvalue weighted by Crippen LogP contribution is -2.37. The van der Waals surface area contributed by atoms with E-state index in [1.54, 1.807) is 48.5 Å². The second kappa shape index (κ2) is 11.6. The van der Waals surface area contributed by atoms with Crippen molar-refractivity contribution in [1.82, 2.24) is 14.2 Å². The van der Waals surface area contributed by atoms with E-state index < -0.39 is 5.82 Å². The Balaban J connectivity index is 1.42. The molecule has 1 aliphatic carbocycles. The zero-order valence-electron chi connectivity index (χ0n) is 19.7. The molecule has 7 nitrogen and oxygen atoms in total. The summed E-state index contributed by atoms with van der Waals surface area (Å²) >= 11 is 8.72. The summed E-state index contributed by atoms with van der Waals surface area (Å²) in [6, 6.07) is 12.4. The van der Waals surface area contributed by atoms with Crippen molar-refractivity contribution in [2.45, 2.75) is 18.9 Å². The molecule has 3 aromatic rings. The molecular formula is C25H26ClFN4O3S2. The Hall–Kier alpha value is -2.66. The van der Waals surface area contributed by atoms with Crippen molar-refractivity contribution >= 4 is 52.4 Å². The highest BCUT2D eigenvalue weighted by atomic mass is 35.5. The molecule has 1 fully saturated rings. The number of halogens is 2. The molecule has 36 heavy (non-hydrogen) atoms. The molecule has 11 heteroatoms. The number of benzene rings is 1. The number of pyridine rings is 1. The number of thiophene rings is 1. The lowest BCUT2D eigenvalue weighted by Gasteiger charge is -2.27. The van der Waals surface area contributed by atoms with E-state index in [0.717, 1.165) is 0 Å². The Morgan fingerprint density at radius 1 is 1.22 bits per heavy atom. The maximum atomic E-state index is 14.8. The Bertz CT molecular complexity index is 1310. The molecule has 0 aliphatic heterocycles. The van der Waals surface area contributed by atoms with Crippen molar-refractivity contribution in [2.24, 2.45) is 11.8 Å². The predicted octanol–water partition coefficient (Wildman–Crippen LogP) is 4.66. The summed E-state index contributed by atoms with van der Waals surface area (Å²) in [7, 11) is 1.97. The molecule has 2 aromatic heterocycles. The monoisotopic (exact) mass is 548 g/mol. The van der Waals surface area contributed by atoms with E-state index in [4.69, 9.17) is 11.6 Å². The lowest BCUT2D eigenvalue weighted by atomic mass is 10.0. The van der Waals surface area contributed by atoms with Gasteiger partial charge in [-0.25, -0.2) is 4.39 Å². The highest BCUT2D eigenvalue weighted by Gasteiger charge is 2.40. The van der Waals surface area contributed by atoms with Crippen molar-refractivity contribution in [3.8, 4) is 5.69 Å². The third-order valence-corrected chi connectivity index (χ3v) is 8.49. The van der Waals surface area contributed by atoms with Gasteiger partial charge in [0.15, 0.2) is 0 Å². The zero-order chi connectivity index (χ0) is 25.8. The smallest absolute Gasteiger partial charge is 0.261 e. The number of hydrogen-bond acceptors (Lipinski definition) is 6. The Kier molecular flexibility index (Phi) is 8.50. The molecule has 0 radical (unpaired) electrons. The van der Waals surface area contributed by atoms with Crippen LogP contribution in [0.15, 0.2) is 59.5 Å². The van der Waals surface area contributed by atoms with Crippen molar-refractivity contribution < 1.29 is 14.0 Å². The molecule has 190 valence electrons. The minimum Gasteiger partial charge on any atom is -0.351 e. The van der Waals surface area contributed by atoms with Crippen LogP contribution in [0.25, 0.3) is 5.69 Å². The predicted molar refractivity (Wildman–Crippen MR) is 144 cm³/mol. The minimum atomic E-state index is -0.620. The van der Waals surface area contributed by atoms with Crippen molar-refractivity contribution in [3.63, 3.8) is 0 Å². The summed E-state index contributed by atoms with van der Waals surface area (Å²) in [5.41, 5.74) is 0.166. The van der Waals surface area contributed by atoms with Crippen molar-refractivity contribution in [1.29, 1.82) is 0 Å². The molecule has 3 atom stereocenters. The first kappa shape index (κ1) is 26.4. The Labute approximate surface area is 221 Å². The van der Waals surface area contributed by atoms with Gasteiger partial charge >= 0.3 is 0 Å². The quantitative estimate of drug-likeness (QED) is 0.400. The molecule has 1 saturated carbocycles. The van der Waals surface area contributed by atoms with Crippen LogP contribution in [-0.2, 0) is 4.79 Å². The molecule has 2 heterocycles. The number of carbonyl (C=O) groups excluding carboxylic acids is 2. The fourth-order valence-electron chi connectivity index (χ4n) is 4.49. The summed E-state index contributed by atoms with van der Waals surface area (Å²) in [5, 5.41) is 5.68. The standard InChI is InChI=1S/C25H26ClFN4O3S2/c1-30(35-2)20-12-15(11-16(20)14-28-25(34)21-8-9-22(26)36-21)24(33)29-19-7-6-17(13-18(19)27)31-10-4-3-5-23(31)32/h3-10,13,15-16,20H,11-12,14H2,1-2H3,(H,28,34)(H,29,33). The van der Waals surface area contributed by atoms with Gasteiger partial charge in [-0.05, 0) is 62.4 Å². The Morgan fingerprint density at radius 3 is 2.69 bits per heavy atom. The first-order valence-electron chi connectivity index (χ1n) is 11.4. The van der Waals surface area contributed by atoms with Gasteiger partial charge in [-0.2, -0.15) is 0 Å². The minimum absolute atomic E-state index is 0.0507. The number of anilines is 1. The molecule has 3 unspecified atom stereocenters. The van der Waals surface area contributed by atoms with Crippen molar-refractivity contribution in [2.75, 3.05) is 25.2 Å². The van der Waals surface area contributed by atoms with Crippen LogP contribution in [0.2, 0.25) is 4.34 Å². The van der Waals surface area contributed by atoms with Gasteiger partial charge in [-0.15, -0.1) is 11.3 Å². The third-order valence-electron chi connectivity index (χ3n) is 6.42. The van der Waals surface area contributed by atoms with Crippen LogP contribution in [0.3, 0.4) is 0 Å². The van der Waals surface area contributed by atoms with Crippen LogP contribution >= 0.6 is 34.9 Å². The highest BCUT2D eigenvalue weighted by molar-refractivity contribution is 7.96. The largest absolute Gasteiger partial charge is 0.351 e. The summed E-state index contributed by atoms with van der Waals surface area (Å²) in [6.07, 6.45) is 4.67. The van der Waals surface area contributed by atoms with Gasteiger partial charge in [-0.3, -0.25) is 23.3 Å². The van der Waals surface area contributed by atoms with Crippen LogP contribution in [0.4, 0.5) is 10.1 Å². The average Bonchev–Trinajstić information content (AvgIpc) is 3.50. The van der Waals surface area contributed by atoms with Crippen LogP contribution in [-0.4, -0.2) is 46.6 Å². The van der Waals surface area contributed by atoms with E-state index in [1.807, 2.05) is 13.3 Å². The first-order chi connectivity index (χ1) is 17.3. The van der Waals surface area contributed by atoms with Gasteiger partial charge in [0, 0.05) is 36.8 Å². The zero-order valence-corrected chi connectivity index (χ0v) is 22.1. The van der Waals surface area contributed by atoms with Crippen LogP contribution in [0.5, 0.6) is 0 Å². The topological polar surface area (TPSA) is 83.4 Å². The highest BCUT2D eigenvalue weighted by Crippen LogP contribution is 2.37. The number of carbonyl (C=O) groups is 2. The van der Waals surface area contributed by atoms with E-state index in [2.05, 4.69) is 14.9 Å². The molecule has 0 spiro atoms. The van der Waals surface area contributed by atoms with Crippen LogP contribution in [0, 0.1) is 17.7 Å².